The highest BCUT2D eigenvalue weighted by Crippen LogP contribution is 2.24. The summed E-state index contributed by atoms with van der Waals surface area (Å²) in [4.78, 5) is 12.1. The Morgan fingerprint density at radius 3 is 2.67 bits per heavy atom. The van der Waals surface area contributed by atoms with E-state index in [1.807, 2.05) is 0 Å². The second-order valence-electron chi connectivity index (χ2n) is 4.38. The van der Waals surface area contributed by atoms with Crippen molar-refractivity contribution in [2.24, 2.45) is 0 Å². The van der Waals surface area contributed by atoms with Crippen molar-refractivity contribution in [3.05, 3.63) is 64.1 Å². The number of rotatable bonds is 2. The SMILES string of the molecule is O=C(Nc1ccc(F)c(Cl)c1)c1cc2cc(Cl)ccc2o1. The fourth-order valence-electron chi connectivity index (χ4n) is 1.89. The van der Waals surface area contributed by atoms with Crippen molar-refractivity contribution in [2.75, 3.05) is 5.32 Å². The molecule has 0 atom stereocenters. The van der Waals surface area contributed by atoms with Crippen LogP contribution in [0.25, 0.3) is 11.0 Å². The summed E-state index contributed by atoms with van der Waals surface area (Å²) in [5.41, 5.74) is 0.937. The van der Waals surface area contributed by atoms with Crippen LogP contribution in [0.1, 0.15) is 10.6 Å². The van der Waals surface area contributed by atoms with E-state index >= 15 is 0 Å². The van der Waals surface area contributed by atoms with Crippen molar-refractivity contribution in [2.45, 2.75) is 0 Å². The van der Waals surface area contributed by atoms with Crippen LogP contribution < -0.4 is 5.32 Å². The van der Waals surface area contributed by atoms with Crippen LogP contribution in [0.4, 0.5) is 10.1 Å². The summed E-state index contributed by atoms with van der Waals surface area (Å²) in [6, 6.07) is 10.6. The number of fused-ring (bicyclic) bond motifs is 1. The predicted octanol–water partition coefficient (Wildman–Crippen LogP) is 5.13. The lowest BCUT2D eigenvalue weighted by molar-refractivity contribution is 0.0998. The van der Waals surface area contributed by atoms with Gasteiger partial charge in [-0.3, -0.25) is 4.79 Å². The van der Waals surface area contributed by atoms with Crippen molar-refractivity contribution in [3.63, 3.8) is 0 Å². The van der Waals surface area contributed by atoms with Gasteiger partial charge in [0.2, 0.25) is 0 Å². The van der Waals surface area contributed by atoms with Crippen molar-refractivity contribution < 1.29 is 13.6 Å². The van der Waals surface area contributed by atoms with Gasteiger partial charge in [0.25, 0.3) is 5.91 Å². The van der Waals surface area contributed by atoms with Gasteiger partial charge in [0.15, 0.2) is 5.76 Å². The third-order valence-corrected chi connectivity index (χ3v) is 3.40. The minimum Gasteiger partial charge on any atom is -0.451 e. The third kappa shape index (κ3) is 2.86. The maximum Gasteiger partial charge on any atom is 0.291 e. The van der Waals surface area contributed by atoms with E-state index in [0.29, 0.717) is 16.3 Å². The second kappa shape index (κ2) is 5.39. The lowest BCUT2D eigenvalue weighted by atomic mass is 10.2. The molecule has 1 heterocycles. The van der Waals surface area contributed by atoms with Crippen molar-refractivity contribution in [3.8, 4) is 0 Å². The van der Waals surface area contributed by atoms with Gasteiger partial charge in [0, 0.05) is 16.1 Å². The molecule has 0 saturated carbocycles. The van der Waals surface area contributed by atoms with E-state index in [0.717, 1.165) is 5.39 Å². The average Bonchev–Trinajstić information content (AvgIpc) is 2.86. The van der Waals surface area contributed by atoms with Gasteiger partial charge in [-0.05, 0) is 42.5 Å². The number of amides is 1. The fourth-order valence-corrected chi connectivity index (χ4v) is 2.25. The molecule has 0 bridgehead atoms. The van der Waals surface area contributed by atoms with E-state index in [2.05, 4.69) is 5.32 Å². The highest BCUT2D eigenvalue weighted by Gasteiger charge is 2.13. The van der Waals surface area contributed by atoms with Crippen molar-refractivity contribution in [1.82, 2.24) is 0 Å². The minimum atomic E-state index is -0.548. The zero-order valence-electron chi connectivity index (χ0n) is 10.5. The highest BCUT2D eigenvalue weighted by atomic mass is 35.5. The lowest BCUT2D eigenvalue weighted by Gasteiger charge is -2.03. The van der Waals surface area contributed by atoms with Crippen LogP contribution in [-0.2, 0) is 0 Å². The molecule has 0 radical (unpaired) electrons. The molecule has 2 aromatic carbocycles. The Kier molecular flexibility index (Phi) is 3.57. The topological polar surface area (TPSA) is 42.2 Å². The molecule has 3 nitrogen and oxygen atoms in total. The third-order valence-electron chi connectivity index (χ3n) is 2.88. The van der Waals surface area contributed by atoms with E-state index in [1.165, 1.54) is 18.2 Å². The number of anilines is 1. The Bertz CT molecular complexity index is 845. The first-order valence-corrected chi connectivity index (χ1v) is 6.74. The molecular formula is C15H8Cl2FNO2. The van der Waals surface area contributed by atoms with Crippen LogP contribution in [0.3, 0.4) is 0 Å². The molecule has 3 rings (SSSR count). The molecule has 0 saturated heterocycles. The first-order valence-electron chi connectivity index (χ1n) is 5.98. The molecule has 0 fully saturated rings. The second-order valence-corrected chi connectivity index (χ2v) is 5.22. The highest BCUT2D eigenvalue weighted by molar-refractivity contribution is 6.31. The van der Waals surface area contributed by atoms with Gasteiger partial charge in [-0.15, -0.1) is 0 Å². The van der Waals surface area contributed by atoms with Crippen molar-refractivity contribution >= 4 is 45.8 Å². The van der Waals surface area contributed by atoms with E-state index in [1.54, 1.807) is 24.3 Å². The van der Waals surface area contributed by atoms with E-state index < -0.39 is 11.7 Å². The Morgan fingerprint density at radius 1 is 1.10 bits per heavy atom. The summed E-state index contributed by atoms with van der Waals surface area (Å²) in [6.07, 6.45) is 0. The zero-order valence-corrected chi connectivity index (χ0v) is 12.0. The molecule has 21 heavy (non-hydrogen) atoms. The first-order chi connectivity index (χ1) is 10.0. The Labute approximate surface area is 129 Å². The molecule has 6 heteroatoms. The van der Waals surface area contributed by atoms with Crippen LogP contribution in [0, 0.1) is 5.82 Å². The largest absolute Gasteiger partial charge is 0.451 e. The molecule has 0 aliphatic carbocycles. The Balaban J connectivity index is 1.87. The summed E-state index contributed by atoms with van der Waals surface area (Å²) in [5, 5.41) is 3.80. The number of hydrogen-bond donors (Lipinski definition) is 1. The van der Waals surface area contributed by atoms with Gasteiger partial charge in [-0.2, -0.15) is 0 Å². The first kappa shape index (κ1) is 13.9. The monoisotopic (exact) mass is 323 g/mol. The quantitative estimate of drug-likeness (QED) is 0.710. The number of benzene rings is 2. The molecular weight excluding hydrogens is 316 g/mol. The molecule has 0 spiro atoms. The smallest absolute Gasteiger partial charge is 0.291 e. The normalized spacial score (nSPS) is 10.8. The molecule has 0 aliphatic heterocycles. The Morgan fingerprint density at radius 2 is 1.90 bits per heavy atom. The molecule has 106 valence electrons. The summed E-state index contributed by atoms with van der Waals surface area (Å²) in [5.74, 6) is -0.870. The van der Waals surface area contributed by atoms with Crippen molar-refractivity contribution in [1.29, 1.82) is 0 Å². The number of carbonyl (C=O) groups excluding carboxylic acids is 1. The molecule has 1 aromatic heterocycles. The van der Waals surface area contributed by atoms with Crippen LogP contribution in [0.5, 0.6) is 0 Å². The van der Waals surface area contributed by atoms with E-state index in [9.17, 15) is 9.18 Å². The zero-order chi connectivity index (χ0) is 15.0. The van der Waals surface area contributed by atoms with Crippen LogP contribution >= 0.6 is 23.2 Å². The number of nitrogens with one attached hydrogen (secondary N) is 1. The van der Waals surface area contributed by atoms with Crippen LogP contribution in [0.15, 0.2) is 46.9 Å². The van der Waals surface area contributed by atoms with Gasteiger partial charge in [0.1, 0.15) is 11.4 Å². The maximum absolute atomic E-state index is 13.1. The summed E-state index contributed by atoms with van der Waals surface area (Å²) in [7, 11) is 0. The van der Waals surface area contributed by atoms with Crippen LogP contribution in [-0.4, -0.2) is 5.91 Å². The average molecular weight is 324 g/mol. The molecule has 1 amide bonds. The number of hydrogen-bond acceptors (Lipinski definition) is 2. The fraction of sp³-hybridized carbons (Fsp3) is 0. The summed E-state index contributed by atoms with van der Waals surface area (Å²) in [6.45, 7) is 0. The van der Waals surface area contributed by atoms with Crippen LogP contribution in [0.2, 0.25) is 10.0 Å². The van der Waals surface area contributed by atoms with E-state index in [4.69, 9.17) is 27.6 Å². The standard InChI is InChI=1S/C15H8Cl2FNO2/c16-9-1-4-13-8(5-9)6-14(21-13)15(20)19-10-2-3-12(18)11(17)7-10/h1-7H,(H,19,20). The molecule has 1 N–H and O–H groups in total. The number of halogens is 3. The maximum atomic E-state index is 13.1. The minimum absolute atomic E-state index is 0.0656. The van der Waals surface area contributed by atoms with Gasteiger partial charge >= 0.3 is 0 Å². The molecule has 3 aromatic rings. The predicted molar refractivity (Wildman–Crippen MR) is 80.6 cm³/mol. The lowest BCUT2D eigenvalue weighted by Crippen LogP contribution is -2.10. The summed E-state index contributed by atoms with van der Waals surface area (Å²) < 4.78 is 18.5. The van der Waals surface area contributed by atoms with Gasteiger partial charge in [-0.1, -0.05) is 23.2 Å². The van der Waals surface area contributed by atoms with Gasteiger partial charge in [0.05, 0.1) is 5.02 Å². The number of carbonyl (C=O) groups is 1. The van der Waals surface area contributed by atoms with Gasteiger partial charge < -0.3 is 9.73 Å². The van der Waals surface area contributed by atoms with E-state index in [-0.39, 0.29) is 10.8 Å². The summed E-state index contributed by atoms with van der Waals surface area (Å²) >= 11 is 11.5. The number of furan rings is 1. The molecule has 0 unspecified atom stereocenters. The Hall–Kier alpha value is -2.04. The van der Waals surface area contributed by atoms with Gasteiger partial charge in [-0.25, -0.2) is 4.39 Å². The molecule has 0 aliphatic rings.